The molecule has 154 valence electrons. The van der Waals surface area contributed by atoms with Crippen molar-refractivity contribution < 1.29 is 4.79 Å². The van der Waals surface area contributed by atoms with Crippen LogP contribution in [-0.4, -0.2) is 25.5 Å². The van der Waals surface area contributed by atoms with Crippen LogP contribution >= 0.6 is 11.6 Å². The molecule has 0 spiro atoms. The zero-order chi connectivity index (χ0) is 21.5. The summed E-state index contributed by atoms with van der Waals surface area (Å²) in [5, 5.41) is 16.9. The first kappa shape index (κ1) is 21.5. The molecule has 0 amide bonds. The van der Waals surface area contributed by atoms with Crippen LogP contribution in [0, 0.1) is 17.2 Å². The van der Waals surface area contributed by atoms with Crippen LogP contribution in [0.15, 0.2) is 42.9 Å². The topological polar surface area (TPSA) is 96.5 Å². The number of hydrogen-bond donors (Lipinski definition) is 1. The van der Waals surface area contributed by atoms with Gasteiger partial charge in [-0.05, 0) is 12.8 Å². The Labute approximate surface area is 180 Å². The zero-order valence-electron chi connectivity index (χ0n) is 17.0. The number of nitrogens with one attached hydrogen (secondary N) is 1. The number of benzene rings is 1. The van der Waals surface area contributed by atoms with Gasteiger partial charge in [0.1, 0.15) is 0 Å². The van der Waals surface area contributed by atoms with E-state index in [0.29, 0.717) is 28.6 Å². The molecule has 0 radical (unpaired) electrons. The van der Waals surface area contributed by atoms with Crippen molar-refractivity contribution in [2.24, 2.45) is 5.92 Å². The van der Waals surface area contributed by atoms with Crippen molar-refractivity contribution in [3.63, 3.8) is 0 Å². The fraction of sp³-hybridized carbons (Fsp3) is 0.318. The van der Waals surface area contributed by atoms with Gasteiger partial charge in [-0.1, -0.05) is 49.7 Å². The predicted molar refractivity (Wildman–Crippen MR) is 117 cm³/mol. The lowest BCUT2D eigenvalue weighted by atomic mass is 9.96. The Hall–Kier alpha value is -3.24. The molecule has 8 heteroatoms. The molecule has 0 aliphatic rings. The van der Waals surface area contributed by atoms with Crippen molar-refractivity contribution in [1.82, 2.24) is 19.7 Å². The third-order valence-electron chi connectivity index (χ3n) is 4.67. The fourth-order valence-corrected chi connectivity index (χ4v) is 3.18. The normalized spacial score (nSPS) is 11.7. The number of carbonyl (C=O) groups is 1. The fourth-order valence-electron chi connectivity index (χ4n) is 2.98. The first-order chi connectivity index (χ1) is 14.5. The van der Waals surface area contributed by atoms with E-state index in [1.165, 1.54) is 0 Å². The summed E-state index contributed by atoms with van der Waals surface area (Å²) in [6.07, 6.45) is 7.03. The summed E-state index contributed by atoms with van der Waals surface area (Å²) in [6, 6.07) is 9.25. The Morgan fingerprint density at radius 1 is 1.27 bits per heavy atom. The van der Waals surface area contributed by atoms with E-state index in [1.807, 2.05) is 17.8 Å². The zero-order valence-corrected chi connectivity index (χ0v) is 17.7. The molecule has 0 bridgehead atoms. The molecule has 2 aromatic heterocycles. The van der Waals surface area contributed by atoms with Gasteiger partial charge in [-0.3, -0.25) is 9.48 Å². The number of rotatable bonds is 9. The van der Waals surface area contributed by atoms with Gasteiger partial charge in [0.05, 0.1) is 40.8 Å². The maximum atomic E-state index is 12.4. The van der Waals surface area contributed by atoms with Gasteiger partial charge in [0, 0.05) is 30.3 Å². The van der Waals surface area contributed by atoms with Gasteiger partial charge < -0.3 is 5.32 Å². The average molecular weight is 423 g/mol. The lowest BCUT2D eigenvalue weighted by Crippen LogP contribution is -2.06. The lowest BCUT2D eigenvalue weighted by Gasteiger charge is -2.09. The standard InChI is InChI=1S/C22H23ClN6O/c1-3-9-29-14-18(12-26-29)27-22-25-13-19(23)21(28-22)17-7-5-16(6-8-17)20(30)10-15(4-2)11-24/h5-8,12-15H,3-4,9-10H2,1-2H3,(H,25,27,28)/t15-/m1/s1. The molecule has 0 saturated heterocycles. The van der Waals surface area contributed by atoms with Crippen LogP contribution < -0.4 is 5.32 Å². The third kappa shape index (κ3) is 5.22. The second-order valence-electron chi connectivity index (χ2n) is 6.95. The number of halogens is 1. The molecule has 3 rings (SSSR count). The van der Waals surface area contributed by atoms with Crippen LogP contribution in [0.3, 0.4) is 0 Å². The van der Waals surface area contributed by atoms with Gasteiger partial charge in [0.15, 0.2) is 5.78 Å². The molecule has 0 unspecified atom stereocenters. The number of aromatic nitrogens is 4. The average Bonchev–Trinajstić information content (AvgIpc) is 3.20. The summed E-state index contributed by atoms with van der Waals surface area (Å²) >= 11 is 6.32. The van der Waals surface area contributed by atoms with E-state index >= 15 is 0 Å². The Morgan fingerprint density at radius 2 is 2.03 bits per heavy atom. The molecule has 30 heavy (non-hydrogen) atoms. The van der Waals surface area contributed by atoms with Crippen molar-refractivity contribution in [2.75, 3.05) is 5.32 Å². The highest BCUT2D eigenvalue weighted by Gasteiger charge is 2.14. The molecular formula is C22H23ClN6O. The third-order valence-corrected chi connectivity index (χ3v) is 4.95. The van der Waals surface area contributed by atoms with Crippen LogP contribution in [0.2, 0.25) is 5.02 Å². The maximum Gasteiger partial charge on any atom is 0.227 e. The number of Topliss-reactive ketones (excluding diaryl/α,β-unsaturated/α-hetero) is 1. The minimum atomic E-state index is -0.260. The number of carbonyl (C=O) groups excluding carboxylic acids is 1. The summed E-state index contributed by atoms with van der Waals surface area (Å²) in [4.78, 5) is 21.1. The van der Waals surface area contributed by atoms with E-state index < -0.39 is 0 Å². The van der Waals surface area contributed by atoms with E-state index in [2.05, 4.69) is 33.4 Å². The molecule has 0 fully saturated rings. The van der Waals surface area contributed by atoms with Gasteiger partial charge in [0.25, 0.3) is 0 Å². The van der Waals surface area contributed by atoms with Gasteiger partial charge in [-0.25, -0.2) is 9.97 Å². The highest BCUT2D eigenvalue weighted by Crippen LogP contribution is 2.27. The van der Waals surface area contributed by atoms with Crippen LogP contribution in [0.25, 0.3) is 11.3 Å². The second kappa shape index (κ2) is 9.99. The monoisotopic (exact) mass is 422 g/mol. The van der Waals surface area contributed by atoms with E-state index in [4.69, 9.17) is 16.9 Å². The van der Waals surface area contributed by atoms with Crippen molar-refractivity contribution in [2.45, 2.75) is 39.7 Å². The predicted octanol–water partition coefficient (Wildman–Crippen LogP) is 5.27. The molecule has 0 aliphatic heterocycles. The van der Waals surface area contributed by atoms with Gasteiger partial charge in [-0.15, -0.1) is 0 Å². The Kier molecular flexibility index (Phi) is 7.15. The Balaban J connectivity index is 1.77. The molecule has 3 aromatic rings. The molecule has 2 heterocycles. The van der Waals surface area contributed by atoms with Gasteiger partial charge in [-0.2, -0.15) is 10.4 Å². The van der Waals surface area contributed by atoms with E-state index in [0.717, 1.165) is 24.2 Å². The highest BCUT2D eigenvalue weighted by molar-refractivity contribution is 6.32. The van der Waals surface area contributed by atoms with E-state index in [1.54, 1.807) is 36.7 Å². The number of nitrogens with zero attached hydrogens (tertiary/aromatic N) is 5. The van der Waals surface area contributed by atoms with Crippen molar-refractivity contribution in [3.05, 3.63) is 53.4 Å². The summed E-state index contributed by atoms with van der Waals surface area (Å²) in [5.41, 5.74) is 2.70. The van der Waals surface area contributed by atoms with Crippen LogP contribution in [0.4, 0.5) is 11.6 Å². The summed E-state index contributed by atoms with van der Waals surface area (Å²) < 4.78 is 1.85. The van der Waals surface area contributed by atoms with E-state index in [9.17, 15) is 4.79 Å². The Morgan fingerprint density at radius 3 is 2.70 bits per heavy atom. The van der Waals surface area contributed by atoms with Crippen molar-refractivity contribution in [3.8, 4) is 17.3 Å². The number of anilines is 2. The van der Waals surface area contributed by atoms with Gasteiger partial charge >= 0.3 is 0 Å². The number of aryl methyl sites for hydroxylation is 1. The molecule has 1 atom stereocenters. The largest absolute Gasteiger partial charge is 0.321 e. The van der Waals surface area contributed by atoms with E-state index in [-0.39, 0.29) is 18.1 Å². The molecule has 7 nitrogen and oxygen atoms in total. The van der Waals surface area contributed by atoms with Gasteiger partial charge in [0.2, 0.25) is 5.95 Å². The minimum absolute atomic E-state index is 0.0461. The molecule has 1 N–H and O–H groups in total. The number of nitriles is 1. The maximum absolute atomic E-state index is 12.4. The molecule has 1 aromatic carbocycles. The molecular weight excluding hydrogens is 400 g/mol. The summed E-state index contributed by atoms with van der Waals surface area (Å²) in [6.45, 7) is 4.84. The second-order valence-corrected chi connectivity index (χ2v) is 7.35. The molecule has 0 saturated carbocycles. The van der Waals surface area contributed by atoms with Crippen LogP contribution in [-0.2, 0) is 6.54 Å². The minimum Gasteiger partial charge on any atom is -0.321 e. The summed E-state index contributed by atoms with van der Waals surface area (Å²) in [5.74, 6) is 0.101. The first-order valence-electron chi connectivity index (χ1n) is 9.89. The SMILES string of the molecule is CCCn1cc(Nc2ncc(Cl)c(-c3ccc(C(=O)C[C@H](C#N)CC)cc3)n2)cn1. The van der Waals surface area contributed by atoms with Crippen LogP contribution in [0.1, 0.15) is 43.5 Å². The quantitative estimate of drug-likeness (QED) is 0.472. The summed E-state index contributed by atoms with van der Waals surface area (Å²) in [7, 11) is 0. The smallest absolute Gasteiger partial charge is 0.227 e. The number of hydrogen-bond acceptors (Lipinski definition) is 6. The highest BCUT2D eigenvalue weighted by atomic mass is 35.5. The first-order valence-corrected chi connectivity index (χ1v) is 10.3. The lowest BCUT2D eigenvalue weighted by molar-refractivity contribution is 0.0969. The van der Waals surface area contributed by atoms with Crippen molar-refractivity contribution in [1.29, 1.82) is 5.26 Å². The van der Waals surface area contributed by atoms with Crippen molar-refractivity contribution >= 4 is 29.0 Å². The number of ketones is 1. The molecule has 0 aliphatic carbocycles. The van der Waals surface area contributed by atoms with Crippen LogP contribution in [0.5, 0.6) is 0 Å². The Bertz CT molecular complexity index is 1050.